The zero-order valence-electron chi connectivity index (χ0n) is 63.2. The fourth-order valence-electron chi connectivity index (χ4n) is 13.6. The molecule has 0 spiro atoms. The summed E-state index contributed by atoms with van der Waals surface area (Å²) >= 11 is 0. The van der Waals surface area contributed by atoms with E-state index in [0.717, 1.165) is 6.92 Å². The van der Waals surface area contributed by atoms with E-state index in [0.29, 0.717) is 20.8 Å². The van der Waals surface area contributed by atoms with Gasteiger partial charge in [0.15, 0.2) is 74.2 Å². The molecular weight excluding hydrogens is 1850 g/mol. The zero-order valence-corrected chi connectivity index (χ0v) is 67.2. The van der Waals surface area contributed by atoms with E-state index in [4.69, 9.17) is 75.6 Å². The zero-order chi connectivity index (χ0) is 94.0. The molecule has 38 unspecified atom stereocenters. The molecule has 0 radical (unpaired) electrons. The molecule has 7 saturated heterocycles. The Balaban J connectivity index is 1.09. The van der Waals surface area contributed by atoms with Crippen LogP contribution in [0, 0.1) is 0 Å². The average Bonchev–Trinajstić information content (AvgIpc) is 0.765. The number of aliphatic carboxylic acids is 4. The molecule has 125 heavy (non-hydrogen) atoms. The molecule has 8 heterocycles. The lowest BCUT2D eigenvalue weighted by atomic mass is 9.93. The Hall–Kier alpha value is -6.59. The highest BCUT2D eigenvalue weighted by Crippen LogP contribution is 2.41. The van der Waals surface area contributed by atoms with E-state index in [9.17, 15) is 185 Å². The van der Waals surface area contributed by atoms with E-state index < -0.39 is 371 Å². The summed E-state index contributed by atoms with van der Waals surface area (Å²) in [5.74, 6) is -17.4. The number of hydrogen-bond acceptors (Lipinski definition) is 51. The van der Waals surface area contributed by atoms with Crippen molar-refractivity contribution in [3.8, 4) is 0 Å². The maximum atomic E-state index is 13.4. The molecule has 64 nitrogen and oxygen atoms in total. The van der Waals surface area contributed by atoms with Crippen molar-refractivity contribution in [1.82, 2.24) is 21.3 Å². The maximum absolute atomic E-state index is 13.4. The summed E-state index contributed by atoms with van der Waals surface area (Å²) in [5.41, 5.74) is 0. The first-order valence-electron chi connectivity index (χ1n) is 35.1. The van der Waals surface area contributed by atoms with Gasteiger partial charge in [0.1, 0.15) is 158 Å². The van der Waals surface area contributed by atoms with Crippen LogP contribution in [0.25, 0.3) is 0 Å². The van der Waals surface area contributed by atoms with Crippen LogP contribution in [0.5, 0.6) is 0 Å². The number of aliphatic hydroxyl groups is 13. The minimum absolute atomic E-state index is 0.659. The van der Waals surface area contributed by atoms with Crippen LogP contribution < -0.4 is 21.3 Å². The molecule has 0 aliphatic carbocycles. The molecule has 718 valence electrons. The molecule has 38 atom stereocenters. The molecule has 8 aliphatic heterocycles. The van der Waals surface area contributed by atoms with Gasteiger partial charge in [-0.25, -0.2) is 40.1 Å². The van der Waals surface area contributed by atoms with Crippen LogP contribution in [0.3, 0.4) is 0 Å². The third kappa shape index (κ3) is 26.6. The molecule has 4 amide bonds. The maximum Gasteiger partial charge on any atom is 0.397 e. The van der Waals surface area contributed by atoms with E-state index in [-0.39, 0.29) is 0 Å². The summed E-state index contributed by atoms with van der Waals surface area (Å²) in [5, 5.41) is 200. The van der Waals surface area contributed by atoms with Crippen molar-refractivity contribution in [2.45, 2.75) is 261 Å². The molecule has 26 N–H and O–H groups in total. The Labute approximate surface area is 699 Å². The number of hydrogen-bond donors (Lipinski definition) is 26. The predicted octanol–water partition coefficient (Wildman–Crippen LogP) is -17.3. The highest BCUT2D eigenvalue weighted by atomic mass is 32.3. The number of aliphatic hydroxyl groups excluding tert-OH is 13. The summed E-state index contributed by atoms with van der Waals surface area (Å²) in [6, 6.07) is -9.31. The smallest absolute Gasteiger partial charge is 0.397 e. The minimum atomic E-state index is -5.86. The topological polar surface area (TPSA) is 985 Å². The number of carboxylic acid groups (broad SMARTS) is 4. The van der Waals surface area contributed by atoms with Gasteiger partial charge in [-0.3, -0.25) is 41.9 Å². The van der Waals surface area contributed by atoms with Crippen molar-refractivity contribution in [3.05, 3.63) is 11.5 Å². The Morgan fingerprint density at radius 2 is 0.560 bits per heavy atom. The number of carboxylic acids is 4. The van der Waals surface area contributed by atoms with Crippen LogP contribution in [-0.4, -0.2) is 459 Å². The first kappa shape index (κ1) is 104. The van der Waals surface area contributed by atoms with Gasteiger partial charge in [-0.1, -0.05) is 0 Å². The minimum Gasteiger partial charge on any atom is -0.506 e. The highest BCUT2D eigenvalue weighted by Gasteiger charge is 2.63. The normalized spacial score (nSPS) is 40.6. The van der Waals surface area contributed by atoms with Crippen molar-refractivity contribution in [3.63, 3.8) is 0 Å². The summed E-state index contributed by atoms with van der Waals surface area (Å²) < 4.78 is 271. The number of amides is 4. The first-order chi connectivity index (χ1) is 57.6. The predicted molar refractivity (Wildman–Crippen MR) is 365 cm³/mol. The van der Waals surface area contributed by atoms with E-state index in [2.05, 4.69) is 36.9 Å². The number of ether oxygens (including phenoxy) is 15. The van der Waals surface area contributed by atoms with Crippen LogP contribution in [0.1, 0.15) is 27.7 Å². The van der Waals surface area contributed by atoms with Gasteiger partial charge in [0.05, 0.1) is 26.4 Å². The second-order valence-electron chi connectivity index (χ2n) is 27.8. The fourth-order valence-corrected chi connectivity index (χ4v) is 15.3. The monoisotopic (exact) mass is 1930 g/mol. The van der Waals surface area contributed by atoms with Crippen LogP contribution in [0.15, 0.2) is 11.5 Å². The van der Waals surface area contributed by atoms with E-state index in [1.807, 2.05) is 5.32 Å². The summed E-state index contributed by atoms with van der Waals surface area (Å²) in [6.07, 6.45) is -91.6. The average molecular weight is 1930 g/mol. The first-order valence-corrected chi connectivity index (χ1v) is 42.0. The molecule has 0 aromatic rings. The largest absolute Gasteiger partial charge is 0.506 e. The van der Waals surface area contributed by atoms with Crippen molar-refractivity contribution < 1.29 is 282 Å². The van der Waals surface area contributed by atoms with E-state index in [1.54, 1.807) is 0 Å². The second-order valence-corrected chi connectivity index (χ2v) is 33.2. The van der Waals surface area contributed by atoms with Crippen LogP contribution in [0.2, 0.25) is 0 Å². The molecule has 0 saturated carbocycles. The third-order valence-electron chi connectivity index (χ3n) is 18.9. The van der Waals surface area contributed by atoms with E-state index >= 15 is 0 Å². The Kier molecular flexibility index (Phi) is 34.6. The van der Waals surface area contributed by atoms with Crippen LogP contribution in [0.4, 0.5) is 0 Å². The number of rotatable bonds is 36. The van der Waals surface area contributed by atoms with Crippen LogP contribution in [-0.2, 0) is 182 Å². The lowest BCUT2D eigenvalue weighted by Gasteiger charge is -2.51. The van der Waals surface area contributed by atoms with E-state index in [1.165, 1.54) is 0 Å². The molecule has 8 rings (SSSR count). The SMILES string of the molecule is CC(=O)NC1C(O)OC(COS(=O)(=O)O)C(O)C1OC1OC(C(=O)O)C(OC2OC(COS(=O)(=O)O)C(O)C(OC3OC(C(=O)O)C(OC4OC(COS(=O)(=O)O)C(O)C(OC5OC(C(=O)O)C(OC6OC(COS(=O)(=O)O)C(O)C(OC7OC(C(=O)O)=C(O)C(O)C7OS(=O)(=O)O)C6NC(C)=O)C(O)C5O)C4NC(C)=O)C(O)C3O)C2NC(C)=O)C(O)C1O. The molecular formula is C56H84N4O60S5. The molecule has 7 fully saturated rings. The van der Waals surface area contributed by atoms with Gasteiger partial charge in [-0.15, -0.1) is 0 Å². The van der Waals surface area contributed by atoms with Crippen molar-refractivity contribution in [1.29, 1.82) is 0 Å². The van der Waals surface area contributed by atoms with Gasteiger partial charge in [-0.2, -0.15) is 42.1 Å². The molecule has 0 aromatic carbocycles. The van der Waals surface area contributed by atoms with Gasteiger partial charge in [0, 0.05) is 27.7 Å². The molecule has 8 aliphatic rings. The van der Waals surface area contributed by atoms with Crippen LogP contribution >= 0.6 is 0 Å². The van der Waals surface area contributed by atoms with Crippen molar-refractivity contribution in [2.75, 3.05) is 26.4 Å². The van der Waals surface area contributed by atoms with Gasteiger partial charge in [0.25, 0.3) is 0 Å². The number of carbonyl (C=O) groups is 8. The Morgan fingerprint density at radius 3 is 0.808 bits per heavy atom. The van der Waals surface area contributed by atoms with Gasteiger partial charge in [0.2, 0.25) is 35.7 Å². The fraction of sp³-hybridized carbons (Fsp3) is 0.821. The van der Waals surface area contributed by atoms with Crippen molar-refractivity contribution in [2.24, 2.45) is 0 Å². The number of nitrogens with one attached hydrogen (secondary N) is 4. The van der Waals surface area contributed by atoms with Gasteiger partial charge >= 0.3 is 75.9 Å². The second kappa shape index (κ2) is 41.7. The Bertz CT molecular complexity index is 4480. The lowest BCUT2D eigenvalue weighted by molar-refractivity contribution is -0.379. The number of carbonyl (C=O) groups excluding carboxylic acids is 4. The highest BCUT2D eigenvalue weighted by molar-refractivity contribution is 7.81. The van der Waals surface area contributed by atoms with Gasteiger partial charge < -0.3 is 179 Å². The van der Waals surface area contributed by atoms with Crippen molar-refractivity contribution >= 4 is 99.5 Å². The quantitative estimate of drug-likeness (QED) is 0.0259. The standard InChI is InChI=1S/C56H84N4O60S5/c1-9(61)57-17-33(21(65)13(105-49(17)85)5-101-121(86,87)88)109-53-30(74)27(71)37(42(117-53)46(79)80)113-50-18(58-10(2)62)34(22(66)14(106-50)6-102-122(89,90)91)110-54-31(75)28(72)38(43(118-54)47(81)82)114-51-19(59-11(3)63)35(23(67)15(107-51)7-103-123(92,93)94)111-55-32(76)29(73)39(44(119-55)48(83)84)115-52-20(60-12(4)64)36(24(68)16(108-52)8-104-124(95,96)97)112-56-41(120-125(98,99)100)26(70)25(69)40(116-56)45(77)78/h13-24,26-39,41-44,49-56,65-76,85H,5-8H2,1-4H3,(H,57,61)(H,58,62)(H,59,63)(H,60,64)(H,77,78)(H,79,80)(H,81,82)(H,83,84)(H,86,87,88)(H,89,90,91)(H,92,93,94)(H,95,96,97)(H,98,99,100). The molecule has 0 bridgehead atoms. The lowest BCUT2D eigenvalue weighted by Crippen LogP contribution is -2.71. The van der Waals surface area contributed by atoms with Gasteiger partial charge in [-0.05, 0) is 0 Å². The summed E-state index contributed by atoms with van der Waals surface area (Å²) in [4.78, 5) is 103. The molecule has 0 aromatic heterocycles. The summed E-state index contributed by atoms with van der Waals surface area (Å²) in [6.45, 7) is -3.36. The summed E-state index contributed by atoms with van der Waals surface area (Å²) in [7, 11) is -28.1. The Morgan fingerprint density at radius 1 is 0.312 bits per heavy atom. The third-order valence-corrected chi connectivity index (χ3v) is 21.1. The molecule has 69 heteroatoms.